The van der Waals surface area contributed by atoms with E-state index in [0.29, 0.717) is 15.8 Å². The van der Waals surface area contributed by atoms with Crippen LogP contribution in [0.15, 0.2) is 0 Å². The van der Waals surface area contributed by atoms with Crippen molar-refractivity contribution in [2.24, 2.45) is 0 Å². The summed E-state index contributed by atoms with van der Waals surface area (Å²) in [5.74, 6) is 0.692. The Balaban J connectivity index is 1.89. The van der Waals surface area contributed by atoms with Crippen LogP contribution < -0.4 is 5.32 Å². The summed E-state index contributed by atoms with van der Waals surface area (Å²) in [5.41, 5.74) is 0. The highest BCUT2D eigenvalue weighted by Gasteiger charge is 2.22. The van der Waals surface area contributed by atoms with Gasteiger partial charge in [-0.25, -0.2) is 0 Å². The second kappa shape index (κ2) is 4.04. The number of hydrogen-bond donors (Lipinski definition) is 1. The molecule has 3 rings (SSSR count). The van der Waals surface area contributed by atoms with Crippen LogP contribution in [-0.4, -0.2) is 56.8 Å². The second-order valence-corrected chi connectivity index (χ2v) is 4.85. The molecule has 1 N–H and O–H groups in total. The molecule has 7 nitrogen and oxygen atoms in total. The molecule has 0 aromatic carbocycles. The standard InChI is InChI=1S/C9H12N6OS/c1-6-11-12-9-15(6)13-7(17-9)8(16)14-4-2-10-3-5-14/h10H,2-5H2,1H3. The van der Waals surface area contributed by atoms with E-state index in [1.807, 2.05) is 11.8 Å². The van der Waals surface area contributed by atoms with Gasteiger partial charge in [0.1, 0.15) is 0 Å². The van der Waals surface area contributed by atoms with E-state index in [9.17, 15) is 4.79 Å². The van der Waals surface area contributed by atoms with Gasteiger partial charge in [-0.1, -0.05) is 11.3 Å². The van der Waals surface area contributed by atoms with Gasteiger partial charge in [-0.2, -0.15) is 4.52 Å². The van der Waals surface area contributed by atoms with Crippen molar-refractivity contribution in [2.45, 2.75) is 6.92 Å². The number of piperazine rings is 1. The zero-order valence-corrected chi connectivity index (χ0v) is 10.2. The Labute approximate surface area is 101 Å². The first-order valence-electron chi connectivity index (χ1n) is 5.44. The third-order valence-corrected chi connectivity index (χ3v) is 3.62. The first-order valence-corrected chi connectivity index (χ1v) is 6.26. The van der Waals surface area contributed by atoms with Crippen molar-refractivity contribution in [3.63, 3.8) is 0 Å². The van der Waals surface area contributed by atoms with Crippen molar-refractivity contribution in [2.75, 3.05) is 26.2 Å². The Morgan fingerprint density at radius 2 is 2.12 bits per heavy atom. The van der Waals surface area contributed by atoms with E-state index in [4.69, 9.17) is 0 Å². The quantitative estimate of drug-likeness (QED) is 0.743. The van der Waals surface area contributed by atoms with E-state index in [-0.39, 0.29) is 5.91 Å². The molecule has 0 atom stereocenters. The van der Waals surface area contributed by atoms with Crippen LogP contribution in [0, 0.1) is 6.92 Å². The van der Waals surface area contributed by atoms with Crippen LogP contribution in [0.2, 0.25) is 0 Å². The van der Waals surface area contributed by atoms with Crippen LogP contribution in [0.4, 0.5) is 0 Å². The van der Waals surface area contributed by atoms with Crippen LogP contribution in [0.1, 0.15) is 15.6 Å². The van der Waals surface area contributed by atoms with Gasteiger partial charge in [-0.15, -0.1) is 15.3 Å². The van der Waals surface area contributed by atoms with E-state index in [2.05, 4.69) is 20.6 Å². The highest BCUT2D eigenvalue weighted by Crippen LogP contribution is 2.15. The van der Waals surface area contributed by atoms with Crippen molar-refractivity contribution in [3.05, 3.63) is 10.8 Å². The number of nitrogens with one attached hydrogen (secondary N) is 1. The summed E-state index contributed by atoms with van der Waals surface area (Å²) in [5, 5.41) is 15.8. The lowest BCUT2D eigenvalue weighted by atomic mass is 10.3. The molecular formula is C9H12N6OS. The zero-order chi connectivity index (χ0) is 11.8. The minimum atomic E-state index is -0.0126. The number of hydrogen-bond acceptors (Lipinski definition) is 6. The molecule has 0 spiro atoms. The lowest BCUT2D eigenvalue weighted by molar-refractivity contribution is 0.0734. The third-order valence-electron chi connectivity index (χ3n) is 2.73. The average molecular weight is 252 g/mol. The zero-order valence-electron chi connectivity index (χ0n) is 9.38. The number of aryl methyl sites for hydroxylation is 1. The van der Waals surface area contributed by atoms with Crippen LogP contribution in [-0.2, 0) is 0 Å². The Morgan fingerprint density at radius 1 is 1.35 bits per heavy atom. The monoisotopic (exact) mass is 252 g/mol. The van der Waals surface area contributed by atoms with Gasteiger partial charge in [0.25, 0.3) is 5.91 Å². The lowest BCUT2D eigenvalue weighted by Crippen LogP contribution is -2.46. The van der Waals surface area contributed by atoms with Gasteiger partial charge in [0.15, 0.2) is 5.82 Å². The first-order chi connectivity index (χ1) is 8.25. The van der Waals surface area contributed by atoms with Gasteiger partial charge in [-0.3, -0.25) is 4.79 Å². The van der Waals surface area contributed by atoms with Gasteiger partial charge in [0.05, 0.1) is 0 Å². The molecule has 0 radical (unpaired) electrons. The number of rotatable bonds is 1. The van der Waals surface area contributed by atoms with Crippen molar-refractivity contribution in [1.29, 1.82) is 0 Å². The highest BCUT2D eigenvalue weighted by atomic mass is 32.1. The maximum atomic E-state index is 12.2. The second-order valence-electron chi connectivity index (χ2n) is 3.89. The lowest BCUT2D eigenvalue weighted by Gasteiger charge is -2.26. The minimum Gasteiger partial charge on any atom is -0.334 e. The fraction of sp³-hybridized carbons (Fsp3) is 0.556. The Kier molecular flexibility index (Phi) is 2.52. The van der Waals surface area contributed by atoms with Gasteiger partial charge < -0.3 is 10.2 Å². The molecule has 1 aliphatic heterocycles. The number of fused-ring (bicyclic) bond motifs is 1. The largest absolute Gasteiger partial charge is 0.334 e. The molecule has 2 aromatic rings. The van der Waals surface area contributed by atoms with E-state index in [1.54, 1.807) is 4.52 Å². The predicted molar refractivity (Wildman–Crippen MR) is 62.2 cm³/mol. The SMILES string of the molecule is Cc1nnc2sc(C(=O)N3CCNCC3)nn12. The summed E-state index contributed by atoms with van der Waals surface area (Å²) >= 11 is 1.29. The molecule has 0 saturated carbocycles. The Hall–Kier alpha value is -1.54. The number of aromatic nitrogens is 4. The summed E-state index contributed by atoms with van der Waals surface area (Å²) in [6, 6.07) is 0. The fourth-order valence-corrected chi connectivity index (χ4v) is 2.66. The van der Waals surface area contributed by atoms with Crippen molar-refractivity contribution in [3.8, 4) is 0 Å². The van der Waals surface area contributed by atoms with Crippen LogP contribution in [0.3, 0.4) is 0 Å². The molecule has 8 heteroatoms. The molecule has 0 aliphatic carbocycles. The van der Waals surface area contributed by atoms with Crippen LogP contribution in [0.25, 0.3) is 4.96 Å². The topological polar surface area (TPSA) is 75.4 Å². The summed E-state index contributed by atoms with van der Waals surface area (Å²) < 4.78 is 1.61. The molecule has 1 saturated heterocycles. The summed E-state index contributed by atoms with van der Waals surface area (Å²) in [6.45, 7) is 4.97. The van der Waals surface area contributed by atoms with Crippen molar-refractivity contribution < 1.29 is 4.79 Å². The third kappa shape index (κ3) is 1.79. The molecule has 1 fully saturated rings. The van der Waals surface area contributed by atoms with Crippen LogP contribution in [0.5, 0.6) is 0 Å². The van der Waals surface area contributed by atoms with E-state index < -0.39 is 0 Å². The molecule has 1 amide bonds. The van der Waals surface area contributed by atoms with Gasteiger partial charge in [-0.05, 0) is 6.92 Å². The Bertz CT molecular complexity index is 555. The van der Waals surface area contributed by atoms with Gasteiger partial charge >= 0.3 is 0 Å². The minimum absolute atomic E-state index is 0.0126. The Morgan fingerprint density at radius 3 is 2.82 bits per heavy atom. The summed E-state index contributed by atoms with van der Waals surface area (Å²) in [6.07, 6.45) is 0. The smallest absolute Gasteiger partial charge is 0.284 e. The molecular weight excluding hydrogens is 240 g/mol. The number of carbonyl (C=O) groups excluding carboxylic acids is 1. The fourth-order valence-electron chi connectivity index (χ4n) is 1.80. The van der Waals surface area contributed by atoms with Crippen molar-refractivity contribution >= 4 is 22.2 Å². The van der Waals surface area contributed by atoms with E-state index in [0.717, 1.165) is 26.2 Å². The maximum absolute atomic E-state index is 12.2. The number of amides is 1. The molecule has 0 unspecified atom stereocenters. The molecule has 3 heterocycles. The van der Waals surface area contributed by atoms with Crippen molar-refractivity contribution in [1.82, 2.24) is 30.0 Å². The maximum Gasteiger partial charge on any atom is 0.284 e. The number of carbonyl (C=O) groups is 1. The highest BCUT2D eigenvalue weighted by molar-refractivity contribution is 7.18. The molecule has 1 aliphatic rings. The summed E-state index contributed by atoms with van der Waals surface area (Å²) in [7, 11) is 0. The van der Waals surface area contributed by atoms with Gasteiger partial charge in [0.2, 0.25) is 9.97 Å². The normalized spacial score (nSPS) is 16.6. The van der Waals surface area contributed by atoms with E-state index in [1.165, 1.54) is 11.3 Å². The average Bonchev–Trinajstić information content (AvgIpc) is 2.92. The van der Waals surface area contributed by atoms with Crippen LogP contribution >= 0.6 is 11.3 Å². The molecule has 2 aromatic heterocycles. The number of nitrogens with zero attached hydrogens (tertiary/aromatic N) is 5. The van der Waals surface area contributed by atoms with Gasteiger partial charge in [0, 0.05) is 26.2 Å². The molecule has 0 bridgehead atoms. The summed E-state index contributed by atoms with van der Waals surface area (Å²) in [4.78, 5) is 14.6. The molecule has 17 heavy (non-hydrogen) atoms. The first kappa shape index (κ1) is 10.6. The predicted octanol–water partition coefficient (Wildman–Crippen LogP) is -0.460. The molecule has 90 valence electrons. The van der Waals surface area contributed by atoms with E-state index >= 15 is 0 Å².